The molecule has 0 fully saturated rings. The van der Waals surface area contributed by atoms with Gasteiger partial charge in [0.2, 0.25) is 0 Å². The molecule has 0 unspecified atom stereocenters. The molecule has 2 aromatic rings. The second-order valence-electron chi connectivity index (χ2n) is 4.69. The summed E-state index contributed by atoms with van der Waals surface area (Å²) in [6.07, 6.45) is 1.61. The van der Waals surface area contributed by atoms with Crippen molar-refractivity contribution in [2.75, 3.05) is 19.5 Å². The predicted octanol–water partition coefficient (Wildman–Crippen LogP) is 2.34. The van der Waals surface area contributed by atoms with Crippen LogP contribution in [-0.2, 0) is 17.9 Å². The summed E-state index contributed by atoms with van der Waals surface area (Å²) in [5, 5.41) is 5.67. The second-order valence-corrected chi connectivity index (χ2v) is 4.69. The summed E-state index contributed by atoms with van der Waals surface area (Å²) in [4.78, 5) is 15.9. The van der Waals surface area contributed by atoms with Crippen LogP contribution >= 0.6 is 0 Å². The Kier molecular flexibility index (Phi) is 5.43. The van der Waals surface area contributed by atoms with Gasteiger partial charge in [0.15, 0.2) is 0 Å². The van der Waals surface area contributed by atoms with Gasteiger partial charge < -0.3 is 15.4 Å². The number of carbonyl (C=O) groups excluding carboxylic acids is 1. The number of benzene rings is 1. The van der Waals surface area contributed by atoms with Gasteiger partial charge in [-0.05, 0) is 29.8 Å². The van der Waals surface area contributed by atoms with Crippen LogP contribution in [0.4, 0.5) is 10.2 Å². The zero-order chi connectivity index (χ0) is 15.9. The lowest BCUT2D eigenvalue weighted by atomic mass is 10.1. The van der Waals surface area contributed by atoms with E-state index < -0.39 is 0 Å². The molecule has 1 aromatic heterocycles. The molecule has 5 nitrogen and oxygen atoms in total. The topological polar surface area (TPSA) is 63.2 Å². The molecule has 0 aliphatic heterocycles. The highest BCUT2D eigenvalue weighted by Gasteiger charge is 2.10. The molecule has 116 valence electrons. The molecule has 6 heteroatoms. The van der Waals surface area contributed by atoms with Crippen molar-refractivity contribution in [3.8, 4) is 0 Å². The number of nitrogens with zero attached hydrogens (tertiary/aromatic N) is 1. The van der Waals surface area contributed by atoms with E-state index in [1.165, 1.54) is 13.2 Å². The number of anilines is 1. The summed E-state index contributed by atoms with van der Waals surface area (Å²) in [5.41, 5.74) is 1.83. The predicted molar refractivity (Wildman–Crippen MR) is 82.1 cm³/mol. The van der Waals surface area contributed by atoms with E-state index in [0.29, 0.717) is 23.5 Å². The molecule has 22 heavy (non-hydrogen) atoms. The molecule has 1 aromatic carbocycles. The Labute approximate surface area is 128 Å². The molecule has 0 radical (unpaired) electrons. The van der Waals surface area contributed by atoms with Crippen molar-refractivity contribution in [1.82, 2.24) is 10.3 Å². The minimum Gasteiger partial charge on any atom is -0.380 e. The zero-order valence-corrected chi connectivity index (χ0v) is 12.5. The van der Waals surface area contributed by atoms with Crippen LogP contribution in [0.25, 0.3) is 0 Å². The number of hydrogen-bond acceptors (Lipinski definition) is 4. The van der Waals surface area contributed by atoms with Crippen LogP contribution in [-0.4, -0.2) is 25.0 Å². The standard InChI is InChI=1S/C16H18FN3O2/c1-18-16(21)13-4-3-7-19-15(13)20-9-11-5-6-14(17)12(8-11)10-22-2/h3-8H,9-10H2,1-2H3,(H,18,21)(H,19,20). The molecule has 1 amide bonds. The zero-order valence-electron chi connectivity index (χ0n) is 12.5. The van der Waals surface area contributed by atoms with Gasteiger partial charge in [0.1, 0.15) is 11.6 Å². The molecule has 0 spiro atoms. The van der Waals surface area contributed by atoms with Crippen molar-refractivity contribution in [3.63, 3.8) is 0 Å². The normalized spacial score (nSPS) is 10.3. The van der Waals surface area contributed by atoms with Crippen LogP contribution in [0.15, 0.2) is 36.5 Å². The van der Waals surface area contributed by atoms with E-state index in [-0.39, 0.29) is 18.3 Å². The number of methoxy groups -OCH3 is 1. The monoisotopic (exact) mass is 303 g/mol. The molecular weight excluding hydrogens is 285 g/mol. The Morgan fingerprint density at radius 1 is 1.36 bits per heavy atom. The van der Waals surface area contributed by atoms with E-state index in [9.17, 15) is 9.18 Å². The Bertz CT molecular complexity index is 662. The number of amides is 1. The van der Waals surface area contributed by atoms with Crippen LogP contribution in [0.1, 0.15) is 21.5 Å². The van der Waals surface area contributed by atoms with E-state index >= 15 is 0 Å². The average molecular weight is 303 g/mol. The summed E-state index contributed by atoms with van der Waals surface area (Å²) < 4.78 is 18.5. The third kappa shape index (κ3) is 3.79. The van der Waals surface area contributed by atoms with Crippen molar-refractivity contribution in [3.05, 3.63) is 59.0 Å². The minimum atomic E-state index is -0.297. The number of halogens is 1. The number of nitrogens with one attached hydrogen (secondary N) is 2. The number of carbonyl (C=O) groups is 1. The van der Waals surface area contributed by atoms with Crippen LogP contribution in [0, 0.1) is 5.82 Å². The van der Waals surface area contributed by atoms with Gasteiger partial charge in [0.25, 0.3) is 5.91 Å². The summed E-state index contributed by atoms with van der Waals surface area (Å²) in [6.45, 7) is 0.644. The number of aromatic nitrogens is 1. The first-order chi connectivity index (χ1) is 10.7. The van der Waals surface area contributed by atoms with Gasteiger partial charge in [-0.1, -0.05) is 6.07 Å². The number of ether oxygens (including phenoxy) is 1. The number of rotatable bonds is 6. The van der Waals surface area contributed by atoms with Gasteiger partial charge in [-0.15, -0.1) is 0 Å². The first-order valence-electron chi connectivity index (χ1n) is 6.83. The minimum absolute atomic E-state index is 0.213. The summed E-state index contributed by atoms with van der Waals surface area (Å²) in [6, 6.07) is 8.21. The van der Waals surface area contributed by atoms with E-state index in [4.69, 9.17) is 4.74 Å². The lowest BCUT2D eigenvalue weighted by Crippen LogP contribution is -2.20. The van der Waals surface area contributed by atoms with E-state index in [0.717, 1.165) is 5.56 Å². The van der Waals surface area contributed by atoms with Crippen LogP contribution in [0.3, 0.4) is 0 Å². The summed E-state index contributed by atoms with van der Waals surface area (Å²) in [7, 11) is 3.09. The van der Waals surface area contributed by atoms with Crippen LogP contribution in [0.2, 0.25) is 0 Å². The highest BCUT2D eigenvalue weighted by Crippen LogP contribution is 2.15. The SMILES string of the molecule is CNC(=O)c1cccnc1NCc1ccc(F)c(COC)c1. The Balaban J connectivity index is 2.14. The quantitative estimate of drug-likeness (QED) is 0.860. The van der Waals surface area contributed by atoms with Crippen molar-refractivity contribution in [2.24, 2.45) is 0 Å². The highest BCUT2D eigenvalue weighted by atomic mass is 19.1. The molecule has 0 bridgehead atoms. The molecule has 2 rings (SSSR count). The highest BCUT2D eigenvalue weighted by molar-refractivity contribution is 5.98. The van der Waals surface area contributed by atoms with Gasteiger partial charge in [-0.2, -0.15) is 0 Å². The van der Waals surface area contributed by atoms with Crippen molar-refractivity contribution >= 4 is 11.7 Å². The molecule has 2 N–H and O–H groups in total. The Hall–Kier alpha value is -2.47. The van der Waals surface area contributed by atoms with Crippen LogP contribution < -0.4 is 10.6 Å². The fourth-order valence-corrected chi connectivity index (χ4v) is 2.05. The number of hydrogen-bond donors (Lipinski definition) is 2. The molecule has 0 atom stereocenters. The lowest BCUT2D eigenvalue weighted by molar-refractivity contribution is 0.0963. The first-order valence-corrected chi connectivity index (χ1v) is 6.83. The molecule has 0 saturated carbocycles. The second kappa shape index (κ2) is 7.51. The van der Waals surface area contributed by atoms with Gasteiger partial charge in [-0.25, -0.2) is 9.37 Å². The van der Waals surface area contributed by atoms with Crippen molar-refractivity contribution in [2.45, 2.75) is 13.2 Å². The summed E-state index contributed by atoms with van der Waals surface area (Å²) >= 11 is 0. The maximum absolute atomic E-state index is 13.6. The third-order valence-electron chi connectivity index (χ3n) is 3.15. The first kappa shape index (κ1) is 15.9. The van der Waals surface area contributed by atoms with E-state index in [1.807, 2.05) is 0 Å². The van der Waals surface area contributed by atoms with Crippen molar-refractivity contribution in [1.29, 1.82) is 0 Å². The Morgan fingerprint density at radius 3 is 2.91 bits per heavy atom. The summed E-state index contributed by atoms with van der Waals surface area (Å²) in [5.74, 6) is -0.0243. The molecule has 0 saturated heterocycles. The van der Waals surface area contributed by atoms with Gasteiger partial charge in [0, 0.05) is 32.5 Å². The molecule has 0 aliphatic carbocycles. The fourth-order valence-electron chi connectivity index (χ4n) is 2.05. The van der Waals surface area contributed by atoms with Crippen LogP contribution in [0.5, 0.6) is 0 Å². The smallest absolute Gasteiger partial charge is 0.254 e. The van der Waals surface area contributed by atoms with Crippen molar-refractivity contribution < 1.29 is 13.9 Å². The molecular formula is C16H18FN3O2. The number of pyridine rings is 1. The maximum atomic E-state index is 13.6. The largest absolute Gasteiger partial charge is 0.380 e. The third-order valence-corrected chi connectivity index (χ3v) is 3.15. The fraction of sp³-hybridized carbons (Fsp3) is 0.250. The lowest BCUT2D eigenvalue weighted by Gasteiger charge is -2.11. The van der Waals surface area contributed by atoms with Gasteiger partial charge >= 0.3 is 0 Å². The Morgan fingerprint density at radius 2 is 2.18 bits per heavy atom. The molecule has 1 heterocycles. The van der Waals surface area contributed by atoms with Gasteiger partial charge in [-0.3, -0.25) is 4.79 Å². The van der Waals surface area contributed by atoms with E-state index in [1.54, 1.807) is 37.5 Å². The van der Waals surface area contributed by atoms with E-state index in [2.05, 4.69) is 15.6 Å². The molecule has 0 aliphatic rings. The average Bonchev–Trinajstić information content (AvgIpc) is 2.55. The maximum Gasteiger partial charge on any atom is 0.254 e. The van der Waals surface area contributed by atoms with Gasteiger partial charge in [0.05, 0.1) is 12.2 Å².